The van der Waals surface area contributed by atoms with E-state index in [4.69, 9.17) is 15.0 Å². The quantitative estimate of drug-likeness (QED) is 0.827. The minimum absolute atomic E-state index is 0.343. The Morgan fingerprint density at radius 1 is 1.43 bits per heavy atom. The fourth-order valence-corrected chi connectivity index (χ4v) is 2.76. The molecule has 0 aliphatic heterocycles. The van der Waals surface area contributed by atoms with Crippen LogP contribution in [0.5, 0.6) is 0 Å². The number of nitrogens with two attached hydrogens (primary N) is 1. The van der Waals surface area contributed by atoms with Crippen LogP contribution in [0.25, 0.3) is 11.5 Å². The first-order chi connectivity index (χ1) is 10.3. The smallest absolute Gasteiger partial charge is 0.259 e. The molecule has 1 heterocycles. The summed E-state index contributed by atoms with van der Waals surface area (Å²) in [5, 5.41) is 3.99. The lowest BCUT2D eigenvalue weighted by Crippen LogP contribution is -2.27. The summed E-state index contributed by atoms with van der Waals surface area (Å²) >= 11 is 1.65. The van der Waals surface area contributed by atoms with E-state index in [0.717, 1.165) is 23.3 Å². The van der Waals surface area contributed by atoms with Crippen molar-refractivity contribution in [2.45, 2.75) is 36.3 Å². The van der Waals surface area contributed by atoms with E-state index < -0.39 is 0 Å². The van der Waals surface area contributed by atoms with Gasteiger partial charge in [0.25, 0.3) is 5.89 Å². The highest BCUT2D eigenvalue weighted by molar-refractivity contribution is 7.98. The average molecular weight is 305 g/mol. The van der Waals surface area contributed by atoms with Crippen molar-refractivity contribution >= 4 is 11.8 Å². The van der Waals surface area contributed by atoms with Crippen LogP contribution in [0.3, 0.4) is 0 Å². The van der Waals surface area contributed by atoms with Crippen LogP contribution in [-0.4, -0.2) is 29.1 Å². The summed E-state index contributed by atoms with van der Waals surface area (Å²) < 4.78 is 11.1. The molecule has 1 aliphatic carbocycles. The third kappa shape index (κ3) is 3.28. The Morgan fingerprint density at radius 2 is 2.24 bits per heavy atom. The van der Waals surface area contributed by atoms with Gasteiger partial charge in [0.15, 0.2) is 5.82 Å². The molecule has 0 radical (unpaired) electrons. The minimum Gasteiger partial charge on any atom is -0.376 e. The summed E-state index contributed by atoms with van der Waals surface area (Å²) in [6.07, 6.45) is 5.89. The fourth-order valence-electron chi connectivity index (χ4n) is 2.17. The highest BCUT2D eigenvalue weighted by atomic mass is 32.2. The number of ether oxygens (including phenoxy) is 1. The zero-order chi connectivity index (χ0) is 14.7. The highest BCUT2D eigenvalue weighted by Gasteiger charge is 2.22. The highest BCUT2D eigenvalue weighted by Crippen LogP contribution is 2.29. The van der Waals surface area contributed by atoms with E-state index in [2.05, 4.69) is 10.1 Å². The summed E-state index contributed by atoms with van der Waals surface area (Å²) in [5.41, 5.74) is 7.01. The standard InChI is InChI=1S/C15H19N3O2S/c1-21-13-8-3-2-7-11(13)15-17-14(18-20-15)12(16)9-19-10-5-4-6-10/h2-3,7-8,10,12H,4-6,9,16H2,1H3. The topological polar surface area (TPSA) is 74.2 Å². The van der Waals surface area contributed by atoms with Crippen molar-refractivity contribution in [3.05, 3.63) is 30.1 Å². The van der Waals surface area contributed by atoms with E-state index in [-0.39, 0.29) is 6.04 Å². The van der Waals surface area contributed by atoms with E-state index in [1.807, 2.05) is 30.5 Å². The molecule has 1 aromatic carbocycles. The van der Waals surface area contributed by atoms with Gasteiger partial charge in [0, 0.05) is 4.90 Å². The summed E-state index contributed by atoms with van der Waals surface area (Å²) in [6, 6.07) is 7.61. The predicted octanol–water partition coefficient (Wildman–Crippen LogP) is 3.03. The molecule has 0 saturated heterocycles. The SMILES string of the molecule is CSc1ccccc1-c1nc(C(N)COC2CCC2)no1. The molecule has 2 N–H and O–H groups in total. The molecule has 1 saturated carbocycles. The number of thioether (sulfide) groups is 1. The Balaban J connectivity index is 1.70. The molecule has 1 fully saturated rings. The van der Waals surface area contributed by atoms with Crippen LogP contribution in [0.4, 0.5) is 0 Å². The number of nitrogens with zero attached hydrogens (tertiary/aromatic N) is 2. The molecule has 1 atom stereocenters. The molecule has 112 valence electrons. The van der Waals surface area contributed by atoms with Gasteiger partial charge in [-0.2, -0.15) is 4.98 Å². The number of benzene rings is 1. The lowest BCUT2D eigenvalue weighted by atomic mass is 9.96. The van der Waals surface area contributed by atoms with Crippen LogP contribution < -0.4 is 5.73 Å². The average Bonchev–Trinajstić information content (AvgIpc) is 2.95. The van der Waals surface area contributed by atoms with E-state index in [0.29, 0.717) is 24.4 Å². The zero-order valence-electron chi connectivity index (χ0n) is 12.0. The second kappa shape index (κ2) is 6.60. The maximum absolute atomic E-state index is 6.07. The Morgan fingerprint density at radius 3 is 2.95 bits per heavy atom. The van der Waals surface area contributed by atoms with Crippen molar-refractivity contribution in [2.75, 3.05) is 12.9 Å². The van der Waals surface area contributed by atoms with E-state index in [1.165, 1.54) is 6.42 Å². The largest absolute Gasteiger partial charge is 0.376 e. The molecule has 1 unspecified atom stereocenters. The Labute approximate surface area is 128 Å². The third-order valence-electron chi connectivity index (χ3n) is 3.67. The third-order valence-corrected chi connectivity index (χ3v) is 4.47. The van der Waals surface area contributed by atoms with Gasteiger partial charge in [-0.05, 0) is 37.7 Å². The van der Waals surface area contributed by atoms with Gasteiger partial charge in [-0.1, -0.05) is 17.3 Å². The van der Waals surface area contributed by atoms with Gasteiger partial charge in [-0.15, -0.1) is 11.8 Å². The number of hydrogen-bond acceptors (Lipinski definition) is 6. The number of hydrogen-bond donors (Lipinski definition) is 1. The Hall–Kier alpha value is -1.37. The molecule has 3 rings (SSSR count). The molecule has 0 bridgehead atoms. The predicted molar refractivity (Wildman–Crippen MR) is 82.0 cm³/mol. The molecule has 5 nitrogen and oxygen atoms in total. The van der Waals surface area contributed by atoms with Crippen molar-refractivity contribution in [1.29, 1.82) is 0 Å². The maximum Gasteiger partial charge on any atom is 0.259 e. The molecule has 21 heavy (non-hydrogen) atoms. The van der Waals surface area contributed by atoms with Crippen molar-refractivity contribution in [2.24, 2.45) is 5.73 Å². The second-order valence-corrected chi connectivity index (χ2v) is 6.00. The molecule has 0 amide bonds. The van der Waals surface area contributed by atoms with Gasteiger partial charge in [0.2, 0.25) is 0 Å². The van der Waals surface area contributed by atoms with E-state index in [9.17, 15) is 0 Å². The van der Waals surface area contributed by atoms with Gasteiger partial charge in [-0.25, -0.2) is 0 Å². The summed E-state index contributed by atoms with van der Waals surface area (Å²) in [7, 11) is 0. The second-order valence-electron chi connectivity index (χ2n) is 5.15. The lowest BCUT2D eigenvalue weighted by molar-refractivity contribution is -0.00549. The van der Waals surface area contributed by atoms with Crippen LogP contribution >= 0.6 is 11.8 Å². The van der Waals surface area contributed by atoms with Crippen molar-refractivity contribution in [3.8, 4) is 11.5 Å². The zero-order valence-corrected chi connectivity index (χ0v) is 12.8. The molecule has 6 heteroatoms. The summed E-state index contributed by atoms with van der Waals surface area (Å²) in [4.78, 5) is 5.52. The first-order valence-corrected chi connectivity index (χ1v) is 8.34. The minimum atomic E-state index is -0.343. The lowest BCUT2D eigenvalue weighted by Gasteiger charge is -2.26. The van der Waals surface area contributed by atoms with Gasteiger partial charge in [0.05, 0.1) is 24.3 Å². The van der Waals surface area contributed by atoms with Crippen LogP contribution in [0, 0.1) is 0 Å². The van der Waals surface area contributed by atoms with Crippen LogP contribution in [0.2, 0.25) is 0 Å². The normalized spacial score (nSPS) is 16.7. The Kier molecular flexibility index (Phi) is 4.57. The maximum atomic E-state index is 6.07. The number of aromatic nitrogens is 2. The molecule has 0 spiro atoms. The van der Waals surface area contributed by atoms with E-state index in [1.54, 1.807) is 11.8 Å². The summed E-state index contributed by atoms with van der Waals surface area (Å²) in [5.74, 6) is 1.01. The molecule has 1 aliphatic rings. The van der Waals surface area contributed by atoms with Gasteiger partial charge >= 0.3 is 0 Å². The van der Waals surface area contributed by atoms with Crippen molar-refractivity contribution in [1.82, 2.24) is 10.1 Å². The fraction of sp³-hybridized carbons (Fsp3) is 0.467. The Bertz CT molecular complexity index is 598. The van der Waals surface area contributed by atoms with Crippen LogP contribution in [0.1, 0.15) is 31.1 Å². The van der Waals surface area contributed by atoms with Crippen LogP contribution in [-0.2, 0) is 4.74 Å². The monoisotopic (exact) mass is 305 g/mol. The molecule has 2 aromatic rings. The first-order valence-electron chi connectivity index (χ1n) is 7.12. The number of rotatable bonds is 6. The molecular weight excluding hydrogens is 286 g/mol. The summed E-state index contributed by atoms with van der Waals surface area (Å²) in [6.45, 7) is 0.438. The van der Waals surface area contributed by atoms with Gasteiger partial charge in [0.1, 0.15) is 0 Å². The first kappa shape index (κ1) is 14.6. The van der Waals surface area contributed by atoms with E-state index >= 15 is 0 Å². The molecular formula is C15H19N3O2S. The van der Waals surface area contributed by atoms with Gasteiger partial charge in [-0.3, -0.25) is 0 Å². The van der Waals surface area contributed by atoms with Crippen molar-refractivity contribution < 1.29 is 9.26 Å². The van der Waals surface area contributed by atoms with Crippen molar-refractivity contribution in [3.63, 3.8) is 0 Å². The molecule has 1 aromatic heterocycles. The van der Waals surface area contributed by atoms with Gasteiger partial charge < -0.3 is 15.0 Å². The van der Waals surface area contributed by atoms with Crippen LogP contribution in [0.15, 0.2) is 33.7 Å².